The lowest BCUT2D eigenvalue weighted by Gasteiger charge is -2.08. The van der Waals surface area contributed by atoms with Gasteiger partial charge in [-0.2, -0.15) is 0 Å². The Morgan fingerprint density at radius 2 is 1.95 bits per heavy atom. The summed E-state index contributed by atoms with van der Waals surface area (Å²) in [5.74, 6) is 1.48. The standard InChI is InChI=1S/C15H24N2O2/c1-12(2)5-4-10-16-11-15(18)17-13-6-8-14(19-3)9-7-13/h6-9,12,16H,4-5,10-11H2,1-3H3,(H,17,18). The summed E-state index contributed by atoms with van der Waals surface area (Å²) < 4.78 is 5.06. The zero-order valence-corrected chi connectivity index (χ0v) is 12.0. The van der Waals surface area contributed by atoms with Gasteiger partial charge in [-0.05, 0) is 49.6 Å². The minimum Gasteiger partial charge on any atom is -0.497 e. The number of benzene rings is 1. The molecule has 106 valence electrons. The van der Waals surface area contributed by atoms with Crippen LogP contribution in [0.25, 0.3) is 0 Å². The Morgan fingerprint density at radius 1 is 1.26 bits per heavy atom. The molecular formula is C15H24N2O2. The van der Waals surface area contributed by atoms with Crippen molar-refractivity contribution in [2.24, 2.45) is 5.92 Å². The van der Waals surface area contributed by atoms with E-state index in [1.165, 1.54) is 6.42 Å². The van der Waals surface area contributed by atoms with Crippen LogP contribution in [0, 0.1) is 5.92 Å². The highest BCUT2D eigenvalue weighted by molar-refractivity contribution is 5.92. The molecule has 0 bridgehead atoms. The second-order valence-electron chi connectivity index (χ2n) is 4.99. The summed E-state index contributed by atoms with van der Waals surface area (Å²) >= 11 is 0. The number of hydrogen-bond donors (Lipinski definition) is 2. The minimum atomic E-state index is -0.0188. The van der Waals surface area contributed by atoms with Crippen LogP contribution < -0.4 is 15.4 Å². The number of carbonyl (C=O) groups excluding carboxylic acids is 1. The van der Waals surface area contributed by atoms with E-state index in [2.05, 4.69) is 24.5 Å². The predicted molar refractivity (Wildman–Crippen MR) is 78.6 cm³/mol. The van der Waals surface area contributed by atoms with E-state index in [0.717, 1.165) is 30.3 Å². The van der Waals surface area contributed by atoms with Crippen molar-refractivity contribution in [3.05, 3.63) is 24.3 Å². The smallest absolute Gasteiger partial charge is 0.238 e. The lowest BCUT2D eigenvalue weighted by atomic mass is 10.1. The molecule has 0 radical (unpaired) electrons. The quantitative estimate of drug-likeness (QED) is 0.710. The van der Waals surface area contributed by atoms with E-state index in [1.807, 2.05) is 24.3 Å². The fraction of sp³-hybridized carbons (Fsp3) is 0.533. The van der Waals surface area contributed by atoms with E-state index in [0.29, 0.717) is 6.54 Å². The molecule has 0 saturated heterocycles. The molecule has 0 aliphatic rings. The lowest BCUT2D eigenvalue weighted by molar-refractivity contribution is -0.115. The van der Waals surface area contributed by atoms with Crippen LogP contribution >= 0.6 is 0 Å². The van der Waals surface area contributed by atoms with Crippen LogP contribution in [0.15, 0.2) is 24.3 Å². The highest BCUT2D eigenvalue weighted by Gasteiger charge is 2.02. The lowest BCUT2D eigenvalue weighted by Crippen LogP contribution is -2.28. The van der Waals surface area contributed by atoms with Crippen LogP contribution in [-0.2, 0) is 4.79 Å². The summed E-state index contributed by atoms with van der Waals surface area (Å²) in [6.45, 7) is 5.64. The second-order valence-corrected chi connectivity index (χ2v) is 4.99. The van der Waals surface area contributed by atoms with Gasteiger partial charge in [0.1, 0.15) is 5.75 Å². The summed E-state index contributed by atoms with van der Waals surface area (Å²) in [7, 11) is 1.62. The molecule has 2 N–H and O–H groups in total. The number of hydrogen-bond acceptors (Lipinski definition) is 3. The van der Waals surface area contributed by atoms with Crippen LogP contribution in [-0.4, -0.2) is 26.1 Å². The predicted octanol–water partition coefficient (Wildman–Crippen LogP) is 2.66. The Morgan fingerprint density at radius 3 is 2.53 bits per heavy atom. The highest BCUT2D eigenvalue weighted by Crippen LogP contribution is 2.14. The molecule has 0 aliphatic heterocycles. The summed E-state index contributed by atoms with van der Waals surface area (Å²) in [5.41, 5.74) is 0.787. The number of rotatable bonds is 8. The summed E-state index contributed by atoms with van der Waals surface area (Å²) in [6.07, 6.45) is 2.29. The largest absolute Gasteiger partial charge is 0.497 e. The molecule has 1 rings (SSSR count). The fourth-order valence-corrected chi connectivity index (χ4v) is 1.72. The van der Waals surface area contributed by atoms with Crippen LogP contribution in [0.5, 0.6) is 5.75 Å². The van der Waals surface area contributed by atoms with Gasteiger partial charge in [0.25, 0.3) is 0 Å². The second kappa shape index (κ2) is 8.53. The van der Waals surface area contributed by atoms with Gasteiger partial charge in [0.2, 0.25) is 5.91 Å². The number of nitrogens with one attached hydrogen (secondary N) is 2. The van der Waals surface area contributed by atoms with Crippen LogP contribution in [0.2, 0.25) is 0 Å². The van der Waals surface area contributed by atoms with Crippen molar-refractivity contribution in [3.63, 3.8) is 0 Å². The fourth-order valence-electron chi connectivity index (χ4n) is 1.72. The van der Waals surface area contributed by atoms with Gasteiger partial charge in [0.05, 0.1) is 13.7 Å². The number of anilines is 1. The van der Waals surface area contributed by atoms with Gasteiger partial charge >= 0.3 is 0 Å². The van der Waals surface area contributed by atoms with Gasteiger partial charge in [-0.25, -0.2) is 0 Å². The van der Waals surface area contributed by atoms with Gasteiger partial charge in [-0.1, -0.05) is 13.8 Å². The molecule has 4 nitrogen and oxygen atoms in total. The number of amides is 1. The van der Waals surface area contributed by atoms with Crippen molar-refractivity contribution < 1.29 is 9.53 Å². The van der Waals surface area contributed by atoms with Gasteiger partial charge < -0.3 is 15.4 Å². The third-order valence-electron chi connectivity index (χ3n) is 2.79. The SMILES string of the molecule is COc1ccc(NC(=O)CNCCCC(C)C)cc1. The molecule has 1 aromatic rings. The number of carbonyl (C=O) groups is 1. The van der Waals surface area contributed by atoms with Crippen molar-refractivity contribution >= 4 is 11.6 Å². The van der Waals surface area contributed by atoms with Crippen molar-refractivity contribution in [1.82, 2.24) is 5.32 Å². The number of ether oxygens (including phenoxy) is 1. The van der Waals surface area contributed by atoms with Crippen LogP contribution in [0.1, 0.15) is 26.7 Å². The average molecular weight is 264 g/mol. The first-order valence-electron chi connectivity index (χ1n) is 6.76. The molecule has 0 spiro atoms. The van der Waals surface area contributed by atoms with E-state index in [1.54, 1.807) is 7.11 Å². The summed E-state index contributed by atoms with van der Waals surface area (Å²) in [5, 5.41) is 5.98. The highest BCUT2D eigenvalue weighted by atomic mass is 16.5. The maximum Gasteiger partial charge on any atom is 0.238 e. The van der Waals surface area contributed by atoms with Crippen LogP contribution in [0.4, 0.5) is 5.69 Å². The molecule has 4 heteroatoms. The Bertz CT molecular complexity index is 374. The maximum atomic E-state index is 11.7. The Labute approximate surface area is 115 Å². The van der Waals surface area contributed by atoms with E-state index >= 15 is 0 Å². The molecule has 0 aliphatic carbocycles. The van der Waals surface area contributed by atoms with Gasteiger partial charge in [-0.15, -0.1) is 0 Å². The average Bonchev–Trinajstić information content (AvgIpc) is 2.39. The minimum absolute atomic E-state index is 0.0188. The molecule has 19 heavy (non-hydrogen) atoms. The molecule has 0 saturated carbocycles. The topological polar surface area (TPSA) is 50.4 Å². The molecule has 1 aromatic carbocycles. The summed E-state index contributed by atoms with van der Waals surface area (Å²) in [4.78, 5) is 11.7. The normalized spacial score (nSPS) is 10.5. The monoisotopic (exact) mass is 264 g/mol. The van der Waals surface area contributed by atoms with Gasteiger partial charge in [0, 0.05) is 5.69 Å². The molecule has 0 fully saturated rings. The van der Waals surface area contributed by atoms with Gasteiger partial charge in [-0.3, -0.25) is 4.79 Å². The van der Waals surface area contributed by atoms with E-state index in [-0.39, 0.29) is 5.91 Å². The maximum absolute atomic E-state index is 11.7. The Hall–Kier alpha value is -1.55. The molecule has 0 unspecified atom stereocenters. The summed E-state index contributed by atoms with van der Waals surface area (Å²) in [6, 6.07) is 7.31. The molecule has 1 amide bonds. The zero-order valence-electron chi connectivity index (χ0n) is 12.0. The Balaban J connectivity index is 2.19. The van der Waals surface area contributed by atoms with Crippen molar-refractivity contribution in [2.75, 3.05) is 25.5 Å². The first kappa shape index (κ1) is 15.5. The van der Waals surface area contributed by atoms with E-state index < -0.39 is 0 Å². The molecule has 0 heterocycles. The number of methoxy groups -OCH3 is 1. The third-order valence-corrected chi connectivity index (χ3v) is 2.79. The van der Waals surface area contributed by atoms with Crippen molar-refractivity contribution in [2.45, 2.75) is 26.7 Å². The van der Waals surface area contributed by atoms with E-state index in [4.69, 9.17) is 4.74 Å². The van der Waals surface area contributed by atoms with Gasteiger partial charge in [0.15, 0.2) is 0 Å². The van der Waals surface area contributed by atoms with Crippen molar-refractivity contribution in [3.8, 4) is 5.75 Å². The molecule has 0 aromatic heterocycles. The first-order valence-corrected chi connectivity index (χ1v) is 6.76. The molecule has 0 atom stereocenters. The first-order chi connectivity index (χ1) is 9.11. The van der Waals surface area contributed by atoms with Crippen LogP contribution in [0.3, 0.4) is 0 Å². The third kappa shape index (κ3) is 6.82. The van der Waals surface area contributed by atoms with Crippen molar-refractivity contribution in [1.29, 1.82) is 0 Å². The van der Waals surface area contributed by atoms with E-state index in [9.17, 15) is 4.79 Å². The zero-order chi connectivity index (χ0) is 14.1. The molecular weight excluding hydrogens is 240 g/mol. The Kier molecular flexibility index (Phi) is 6.97.